The number of nitrogens with zero attached hydrogens (tertiary/aromatic N) is 3. The number of carboxylic acids is 2. The maximum atomic E-state index is 13.5. The van der Waals surface area contributed by atoms with Crippen LogP contribution in [0.1, 0.15) is 38.2 Å². The molecule has 1 aromatic carbocycles. The Labute approximate surface area is 202 Å². The first-order valence-electron chi connectivity index (χ1n) is 11.6. The molecule has 8 nitrogen and oxygen atoms in total. The number of benzene rings is 1. The standard InChI is InChI=1S/C27H27N3O5/c1-2-27(21(26(34)35)18-24(32)33)15-7-9-16-29(27)23(31)14-13-20-22-12-6-8-17-30(22)28-25(20)19-10-4-3-5-11-19/h3-6,8,10-14,17-18H,2,7,9,15-16H2,1H3,(H,32,33)(H,34,35)/b14-13?,21-18+. The number of amides is 1. The second kappa shape index (κ2) is 9.97. The molecule has 3 heterocycles. The predicted molar refractivity (Wildman–Crippen MR) is 132 cm³/mol. The van der Waals surface area contributed by atoms with Crippen LogP contribution in [0.15, 0.2) is 72.5 Å². The summed E-state index contributed by atoms with van der Waals surface area (Å²) >= 11 is 0. The Balaban J connectivity index is 1.76. The topological polar surface area (TPSA) is 112 Å². The zero-order chi connectivity index (χ0) is 25.0. The van der Waals surface area contributed by atoms with E-state index in [0.717, 1.165) is 28.4 Å². The number of aliphatic carboxylic acids is 2. The molecule has 35 heavy (non-hydrogen) atoms. The number of aromatic nitrogens is 2. The van der Waals surface area contributed by atoms with E-state index in [1.165, 1.54) is 11.0 Å². The van der Waals surface area contributed by atoms with Crippen molar-refractivity contribution in [2.24, 2.45) is 0 Å². The second-order valence-electron chi connectivity index (χ2n) is 8.53. The molecule has 2 N–H and O–H groups in total. The van der Waals surface area contributed by atoms with Gasteiger partial charge < -0.3 is 15.1 Å². The summed E-state index contributed by atoms with van der Waals surface area (Å²) < 4.78 is 1.75. The summed E-state index contributed by atoms with van der Waals surface area (Å²) in [6, 6.07) is 15.3. The number of carbonyl (C=O) groups is 3. The van der Waals surface area contributed by atoms with Crippen molar-refractivity contribution in [3.8, 4) is 11.3 Å². The highest BCUT2D eigenvalue weighted by Gasteiger charge is 2.45. The lowest BCUT2D eigenvalue weighted by molar-refractivity contribution is -0.140. The van der Waals surface area contributed by atoms with Crippen molar-refractivity contribution >= 4 is 29.4 Å². The normalized spacial score (nSPS) is 18.8. The molecule has 1 aliphatic heterocycles. The van der Waals surface area contributed by atoms with Crippen molar-refractivity contribution in [2.75, 3.05) is 6.54 Å². The van der Waals surface area contributed by atoms with E-state index >= 15 is 0 Å². The highest BCUT2D eigenvalue weighted by Crippen LogP contribution is 2.38. The molecule has 1 unspecified atom stereocenters. The zero-order valence-electron chi connectivity index (χ0n) is 19.4. The molecule has 1 fully saturated rings. The smallest absolute Gasteiger partial charge is 0.334 e. The molecule has 0 radical (unpaired) electrons. The summed E-state index contributed by atoms with van der Waals surface area (Å²) in [6.45, 7) is 2.13. The zero-order valence-corrected chi connectivity index (χ0v) is 19.4. The number of carboxylic acid groups (broad SMARTS) is 2. The van der Waals surface area contributed by atoms with Gasteiger partial charge in [-0.05, 0) is 43.9 Å². The van der Waals surface area contributed by atoms with E-state index in [-0.39, 0.29) is 11.5 Å². The molecule has 1 atom stereocenters. The Morgan fingerprint density at radius 2 is 1.80 bits per heavy atom. The third-order valence-electron chi connectivity index (χ3n) is 6.61. The van der Waals surface area contributed by atoms with Gasteiger partial charge in [0, 0.05) is 36.0 Å². The maximum Gasteiger partial charge on any atom is 0.334 e. The van der Waals surface area contributed by atoms with Gasteiger partial charge in [-0.15, -0.1) is 0 Å². The number of pyridine rings is 1. The Morgan fingerprint density at radius 3 is 2.49 bits per heavy atom. The fraction of sp³-hybridized carbons (Fsp3) is 0.259. The lowest BCUT2D eigenvalue weighted by atomic mass is 9.77. The van der Waals surface area contributed by atoms with Crippen LogP contribution in [0.5, 0.6) is 0 Å². The molecule has 1 saturated heterocycles. The maximum absolute atomic E-state index is 13.5. The van der Waals surface area contributed by atoms with E-state index in [2.05, 4.69) is 0 Å². The van der Waals surface area contributed by atoms with E-state index in [1.54, 1.807) is 17.5 Å². The number of rotatable bonds is 7. The van der Waals surface area contributed by atoms with Crippen LogP contribution in [0.4, 0.5) is 0 Å². The summed E-state index contributed by atoms with van der Waals surface area (Å²) in [5, 5.41) is 23.8. The van der Waals surface area contributed by atoms with Crippen molar-refractivity contribution in [2.45, 2.75) is 38.1 Å². The van der Waals surface area contributed by atoms with Crippen LogP contribution in [0.25, 0.3) is 22.9 Å². The first-order chi connectivity index (χ1) is 16.9. The molecular formula is C27H27N3O5. The molecule has 180 valence electrons. The summed E-state index contributed by atoms with van der Waals surface area (Å²) in [4.78, 5) is 38.5. The fourth-order valence-electron chi connectivity index (χ4n) is 4.95. The van der Waals surface area contributed by atoms with Crippen LogP contribution >= 0.6 is 0 Å². The number of hydrogen-bond donors (Lipinski definition) is 2. The fourth-order valence-corrected chi connectivity index (χ4v) is 4.95. The van der Waals surface area contributed by atoms with Crippen LogP contribution in [0, 0.1) is 0 Å². The monoisotopic (exact) mass is 473 g/mol. The van der Waals surface area contributed by atoms with Crippen molar-refractivity contribution in [3.05, 3.63) is 78.0 Å². The van der Waals surface area contributed by atoms with Gasteiger partial charge in [-0.2, -0.15) is 5.10 Å². The Morgan fingerprint density at radius 1 is 1.06 bits per heavy atom. The van der Waals surface area contributed by atoms with Gasteiger partial charge in [0.2, 0.25) is 5.91 Å². The highest BCUT2D eigenvalue weighted by molar-refractivity contribution is 6.00. The molecule has 0 spiro atoms. The molecule has 0 bridgehead atoms. The van der Waals surface area contributed by atoms with Gasteiger partial charge in [0.1, 0.15) is 5.69 Å². The molecule has 3 aromatic rings. The van der Waals surface area contributed by atoms with Crippen molar-refractivity contribution in [3.63, 3.8) is 0 Å². The van der Waals surface area contributed by atoms with Crippen LogP contribution in [0.3, 0.4) is 0 Å². The Bertz CT molecular complexity index is 1330. The number of piperidine rings is 1. The van der Waals surface area contributed by atoms with Gasteiger partial charge in [-0.25, -0.2) is 14.1 Å². The summed E-state index contributed by atoms with van der Waals surface area (Å²) in [6.07, 6.45) is 7.81. The molecular weight excluding hydrogens is 446 g/mol. The molecule has 8 heteroatoms. The quantitative estimate of drug-likeness (QED) is 0.496. The van der Waals surface area contributed by atoms with Crippen LogP contribution in [0.2, 0.25) is 0 Å². The highest BCUT2D eigenvalue weighted by atomic mass is 16.4. The molecule has 0 aliphatic carbocycles. The molecule has 1 aliphatic rings. The van der Waals surface area contributed by atoms with Gasteiger partial charge in [-0.3, -0.25) is 4.79 Å². The summed E-state index contributed by atoms with van der Waals surface area (Å²) in [7, 11) is 0. The van der Waals surface area contributed by atoms with E-state index in [0.29, 0.717) is 32.2 Å². The minimum absolute atomic E-state index is 0.269. The number of likely N-dealkylation sites (tertiary alicyclic amines) is 1. The van der Waals surface area contributed by atoms with Crippen LogP contribution < -0.4 is 0 Å². The number of hydrogen-bond acceptors (Lipinski definition) is 4. The predicted octanol–water partition coefficient (Wildman–Crippen LogP) is 4.27. The summed E-state index contributed by atoms with van der Waals surface area (Å²) in [5.74, 6) is -3.03. The number of fused-ring (bicyclic) bond motifs is 1. The van der Waals surface area contributed by atoms with E-state index in [4.69, 9.17) is 5.10 Å². The van der Waals surface area contributed by atoms with Gasteiger partial charge in [0.15, 0.2) is 0 Å². The van der Waals surface area contributed by atoms with E-state index < -0.39 is 17.5 Å². The minimum Gasteiger partial charge on any atom is -0.478 e. The number of carbonyl (C=O) groups excluding carboxylic acids is 1. The average Bonchev–Trinajstić information content (AvgIpc) is 3.24. The van der Waals surface area contributed by atoms with Crippen molar-refractivity contribution in [1.82, 2.24) is 14.5 Å². The Kier molecular flexibility index (Phi) is 6.82. The van der Waals surface area contributed by atoms with E-state index in [1.807, 2.05) is 54.7 Å². The molecule has 0 saturated carbocycles. The van der Waals surface area contributed by atoms with E-state index in [9.17, 15) is 24.6 Å². The SMILES string of the molecule is CCC1(/C(=C/C(=O)O)C(=O)O)CCCCN1C(=O)C=Cc1c(-c2ccccc2)nn2ccccc12. The molecule has 4 rings (SSSR count). The molecule has 2 aromatic heterocycles. The van der Waals surface area contributed by atoms with Gasteiger partial charge in [0.05, 0.1) is 16.6 Å². The van der Waals surface area contributed by atoms with Crippen LogP contribution in [-0.2, 0) is 14.4 Å². The average molecular weight is 474 g/mol. The van der Waals surface area contributed by atoms with Crippen molar-refractivity contribution in [1.29, 1.82) is 0 Å². The largest absolute Gasteiger partial charge is 0.478 e. The molecule has 1 amide bonds. The first kappa shape index (κ1) is 23.9. The van der Waals surface area contributed by atoms with Crippen LogP contribution in [-0.4, -0.2) is 54.7 Å². The third kappa shape index (κ3) is 4.59. The lowest BCUT2D eigenvalue weighted by Gasteiger charge is -2.47. The Hall–Kier alpha value is -4.20. The van der Waals surface area contributed by atoms with Crippen molar-refractivity contribution < 1.29 is 24.6 Å². The first-order valence-corrected chi connectivity index (χ1v) is 11.6. The van der Waals surface area contributed by atoms with Gasteiger partial charge in [-0.1, -0.05) is 43.3 Å². The van der Waals surface area contributed by atoms with Gasteiger partial charge in [0.25, 0.3) is 0 Å². The second-order valence-corrected chi connectivity index (χ2v) is 8.53. The van der Waals surface area contributed by atoms with Gasteiger partial charge >= 0.3 is 11.9 Å². The lowest BCUT2D eigenvalue weighted by Crippen LogP contribution is -2.56. The summed E-state index contributed by atoms with van der Waals surface area (Å²) in [5.41, 5.74) is 1.76. The minimum atomic E-state index is -1.34. The third-order valence-corrected chi connectivity index (χ3v) is 6.61.